The number of hydrogen-bond acceptors (Lipinski definition) is 4. The molecular formula is C17H17FO4S. The summed E-state index contributed by atoms with van der Waals surface area (Å²) in [5.41, 5.74) is 1.14. The van der Waals surface area contributed by atoms with E-state index in [0.29, 0.717) is 12.2 Å². The van der Waals surface area contributed by atoms with Gasteiger partial charge in [0.05, 0.1) is 7.11 Å². The lowest BCUT2D eigenvalue weighted by atomic mass is 10.1. The zero-order valence-electron chi connectivity index (χ0n) is 12.9. The van der Waals surface area contributed by atoms with E-state index in [9.17, 15) is 12.8 Å². The van der Waals surface area contributed by atoms with Crippen molar-refractivity contribution in [3.8, 4) is 11.5 Å². The van der Waals surface area contributed by atoms with Crippen molar-refractivity contribution >= 4 is 10.1 Å². The molecule has 0 saturated heterocycles. The highest BCUT2D eigenvalue weighted by Crippen LogP contribution is 2.31. The van der Waals surface area contributed by atoms with Gasteiger partial charge < -0.3 is 8.92 Å². The largest absolute Gasteiger partial charge is 0.493 e. The Morgan fingerprint density at radius 1 is 1.17 bits per heavy atom. The van der Waals surface area contributed by atoms with Crippen LogP contribution >= 0.6 is 0 Å². The van der Waals surface area contributed by atoms with E-state index in [1.54, 1.807) is 18.2 Å². The summed E-state index contributed by atoms with van der Waals surface area (Å²) in [4.78, 5) is -0.117. The molecule has 6 heteroatoms. The van der Waals surface area contributed by atoms with Crippen LogP contribution in [0.5, 0.6) is 11.5 Å². The second-order valence-corrected chi connectivity index (χ2v) is 6.47. The summed E-state index contributed by atoms with van der Waals surface area (Å²) in [7, 11) is -2.65. The summed E-state index contributed by atoms with van der Waals surface area (Å²) in [5, 5.41) is 0. The lowest BCUT2D eigenvalue weighted by Gasteiger charge is -2.12. The van der Waals surface area contributed by atoms with Crippen molar-refractivity contribution in [2.24, 2.45) is 0 Å². The van der Waals surface area contributed by atoms with Crippen LogP contribution in [0.3, 0.4) is 0 Å². The Kier molecular flexibility index (Phi) is 5.05. The van der Waals surface area contributed by atoms with Crippen LogP contribution in [0.25, 0.3) is 0 Å². The van der Waals surface area contributed by atoms with Gasteiger partial charge in [0.2, 0.25) is 0 Å². The maximum Gasteiger partial charge on any atom is 0.339 e. The Balaban J connectivity index is 2.36. The minimum atomic E-state index is -4.08. The summed E-state index contributed by atoms with van der Waals surface area (Å²) in [6.45, 7) is 5.13. The Bertz CT molecular complexity index is 828. The Morgan fingerprint density at radius 3 is 2.52 bits per heavy atom. The standard InChI is InChI=1S/C17H17FO4S/c1-4-5-13-6-9-16(17(11-13)21-3)22-23(19,20)14-7-8-15(18)12(2)10-14/h4,6-11H,1,5H2,2-3H3. The van der Waals surface area contributed by atoms with E-state index in [1.165, 1.54) is 26.2 Å². The first-order valence-electron chi connectivity index (χ1n) is 6.86. The van der Waals surface area contributed by atoms with E-state index >= 15 is 0 Å². The molecular weight excluding hydrogens is 319 g/mol. The van der Waals surface area contributed by atoms with E-state index in [4.69, 9.17) is 8.92 Å². The van der Waals surface area contributed by atoms with Gasteiger partial charge >= 0.3 is 10.1 Å². The van der Waals surface area contributed by atoms with E-state index in [2.05, 4.69) is 6.58 Å². The summed E-state index contributed by atoms with van der Waals surface area (Å²) >= 11 is 0. The van der Waals surface area contributed by atoms with Crippen molar-refractivity contribution in [3.05, 3.63) is 66.0 Å². The molecule has 0 aromatic heterocycles. The quantitative estimate of drug-likeness (QED) is 0.597. The second kappa shape index (κ2) is 6.83. The van der Waals surface area contributed by atoms with Crippen LogP contribution in [0.1, 0.15) is 11.1 Å². The summed E-state index contributed by atoms with van der Waals surface area (Å²) < 4.78 is 48.3. The minimum Gasteiger partial charge on any atom is -0.493 e. The van der Waals surface area contributed by atoms with Crippen molar-refractivity contribution in [1.29, 1.82) is 0 Å². The first-order valence-corrected chi connectivity index (χ1v) is 8.26. The van der Waals surface area contributed by atoms with Gasteiger partial charge in [0.1, 0.15) is 10.7 Å². The molecule has 0 spiro atoms. The lowest BCUT2D eigenvalue weighted by molar-refractivity contribution is 0.390. The number of hydrogen-bond donors (Lipinski definition) is 0. The maximum atomic E-state index is 13.3. The molecule has 0 aliphatic rings. The highest BCUT2D eigenvalue weighted by atomic mass is 32.2. The Hall–Kier alpha value is -2.34. The van der Waals surface area contributed by atoms with Crippen molar-refractivity contribution in [2.75, 3.05) is 7.11 Å². The van der Waals surface area contributed by atoms with Gasteiger partial charge in [-0.3, -0.25) is 0 Å². The average molecular weight is 336 g/mol. The minimum absolute atomic E-state index is 0.0716. The van der Waals surface area contributed by atoms with E-state index in [-0.39, 0.29) is 16.2 Å². The predicted octanol–water partition coefficient (Wildman–Crippen LogP) is 3.64. The van der Waals surface area contributed by atoms with Crippen LogP contribution < -0.4 is 8.92 Å². The van der Waals surface area contributed by atoms with Crippen molar-refractivity contribution < 1.29 is 21.7 Å². The molecule has 0 saturated carbocycles. The highest BCUT2D eigenvalue weighted by Gasteiger charge is 2.20. The highest BCUT2D eigenvalue weighted by molar-refractivity contribution is 7.87. The fraction of sp³-hybridized carbons (Fsp3) is 0.176. The van der Waals surface area contributed by atoms with Gasteiger partial charge in [-0.1, -0.05) is 12.1 Å². The molecule has 0 amide bonds. The average Bonchev–Trinajstić information content (AvgIpc) is 2.51. The number of aryl methyl sites for hydroxylation is 1. The van der Waals surface area contributed by atoms with E-state index < -0.39 is 15.9 Å². The molecule has 0 aliphatic heterocycles. The van der Waals surface area contributed by atoms with Gasteiger partial charge in [0, 0.05) is 0 Å². The van der Waals surface area contributed by atoms with Crippen molar-refractivity contribution in [2.45, 2.75) is 18.2 Å². The smallest absolute Gasteiger partial charge is 0.339 e. The number of allylic oxidation sites excluding steroid dienone is 1. The van der Waals surface area contributed by atoms with E-state index in [0.717, 1.165) is 17.7 Å². The molecule has 4 nitrogen and oxygen atoms in total. The van der Waals surface area contributed by atoms with E-state index in [1.807, 2.05) is 0 Å². The number of rotatable bonds is 6. The topological polar surface area (TPSA) is 52.6 Å². The predicted molar refractivity (Wildman–Crippen MR) is 85.8 cm³/mol. The number of benzene rings is 2. The number of halogens is 1. The maximum absolute atomic E-state index is 13.3. The number of methoxy groups -OCH3 is 1. The molecule has 0 heterocycles. The fourth-order valence-corrected chi connectivity index (χ4v) is 3.04. The van der Waals surface area contributed by atoms with Crippen molar-refractivity contribution in [1.82, 2.24) is 0 Å². The monoisotopic (exact) mass is 336 g/mol. The molecule has 0 fully saturated rings. The summed E-state index contributed by atoms with van der Waals surface area (Å²) in [5.74, 6) is -0.107. The fourth-order valence-electron chi connectivity index (χ4n) is 2.01. The number of ether oxygens (including phenoxy) is 1. The van der Waals surface area contributed by atoms with Gasteiger partial charge in [0.25, 0.3) is 0 Å². The molecule has 2 rings (SSSR count). The first kappa shape index (κ1) is 17.0. The molecule has 2 aromatic carbocycles. The molecule has 0 bridgehead atoms. The van der Waals surface area contributed by atoms with Gasteiger partial charge in [-0.05, 0) is 54.8 Å². The van der Waals surface area contributed by atoms with Crippen molar-refractivity contribution in [3.63, 3.8) is 0 Å². The lowest BCUT2D eigenvalue weighted by Crippen LogP contribution is -2.11. The molecule has 0 radical (unpaired) electrons. The molecule has 23 heavy (non-hydrogen) atoms. The zero-order valence-corrected chi connectivity index (χ0v) is 13.7. The molecule has 2 aromatic rings. The zero-order chi connectivity index (χ0) is 17.0. The Labute approximate surface area is 135 Å². The third-order valence-electron chi connectivity index (χ3n) is 3.23. The second-order valence-electron chi connectivity index (χ2n) is 4.93. The SMILES string of the molecule is C=CCc1ccc(OS(=O)(=O)c2ccc(F)c(C)c2)c(OC)c1. The van der Waals surface area contributed by atoms with Crippen LogP contribution in [0.15, 0.2) is 53.9 Å². The van der Waals surface area contributed by atoms with Gasteiger partial charge in [-0.2, -0.15) is 8.42 Å². The van der Waals surface area contributed by atoms with Gasteiger partial charge in [0.15, 0.2) is 11.5 Å². The molecule has 0 unspecified atom stereocenters. The summed E-state index contributed by atoms with van der Waals surface area (Å²) in [6, 6.07) is 8.41. The third-order valence-corrected chi connectivity index (χ3v) is 4.46. The summed E-state index contributed by atoms with van der Waals surface area (Å²) in [6.07, 6.45) is 2.36. The molecule has 0 aliphatic carbocycles. The Morgan fingerprint density at radius 2 is 1.91 bits per heavy atom. The third kappa shape index (κ3) is 3.90. The van der Waals surface area contributed by atoms with Crippen LogP contribution in [0.4, 0.5) is 4.39 Å². The van der Waals surface area contributed by atoms with Gasteiger partial charge in [-0.15, -0.1) is 6.58 Å². The van der Waals surface area contributed by atoms with Crippen LogP contribution in [-0.2, 0) is 16.5 Å². The normalized spacial score (nSPS) is 11.1. The van der Waals surface area contributed by atoms with Crippen LogP contribution in [-0.4, -0.2) is 15.5 Å². The molecule has 122 valence electrons. The first-order chi connectivity index (χ1) is 10.9. The molecule has 0 N–H and O–H groups in total. The van der Waals surface area contributed by atoms with Crippen LogP contribution in [0.2, 0.25) is 0 Å². The van der Waals surface area contributed by atoms with Gasteiger partial charge in [-0.25, -0.2) is 4.39 Å². The van der Waals surface area contributed by atoms with Crippen LogP contribution in [0, 0.1) is 12.7 Å². The molecule has 0 atom stereocenters.